The van der Waals surface area contributed by atoms with Gasteiger partial charge in [-0.15, -0.1) is 0 Å². The molecule has 0 aliphatic heterocycles. The van der Waals surface area contributed by atoms with E-state index in [1.165, 1.54) is 0 Å². The molecule has 1 atom stereocenters. The minimum atomic E-state index is -0.511. The quantitative estimate of drug-likeness (QED) is 0.476. The highest BCUT2D eigenvalue weighted by Crippen LogP contribution is 2.33. The van der Waals surface area contributed by atoms with E-state index in [2.05, 4.69) is 4.98 Å². The second kappa shape index (κ2) is 7.37. The Hall–Kier alpha value is -3.12. The van der Waals surface area contributed by atoms with Crippen molar-refractivity contribution in [3.05, 3.63) is 58.6 Å². The number of carbonyl (C=O) groups is 1. The second-order valence-corrected chi connectivity index (χ2v) is 7.45. The van der Waals surface area contributed by atoms with E-state index in [1.54, 1.807) is 10.6 Å². The molecule has 0 fully saturated rings. The topological polar surface area (TPSA) is 83.0 Å². The maximum absolute atomic E-state index is 12.9. The number of para-hydroxylation sites is 2. The van der Waals surface area contributed by atoms with Crippen LogP contribution in [0.1, 0.15) is 36.2 Å². The fourth-order valence-corrected chi connectivity index (χ4v) is 3.34. The smallest absolute Gasteiger partial charge is 0.344 e. The number of nitrogen functional groups attached to an aromatic ring is 1. The number of anilines is 1. The van der Waals surface area contributed by atoms with Crippen molar-refractivity contribution in [3.8, 4) is 5.69 Å². The molecule has 0 bridgehead atoms. The molecule has 29 heavy (non-hydrogen) atoms. The molecule has 6 nitrogen and oxygen atoms in total. The van der Waals surface area contributed by atoms with Gasteiger partial charge >= 0.3 is 5.97 Å². The van der Waals surface area contributed by atoms with Crippen molar-refractivity contribution in [1.82, 2.24) is 14.5 Å². The Balaban J connectivity index is 2.04. The lowest BCUT2D eigenvalue weighted by Gasteiger charge is -2.11. The molecule has 0 amide bonds. The minimum absolute atomic E-state index is 0.218. The fraction of sp³-hybridized carbons (Fsp3) is 0.227. The molecule has 2 aromatic heterocycles. The van der Waals surface area contributed by atoms with Crippen LogP contribution in [0.5, 0.6) is 0 Å². The van der Waals surface area contributed by atoms with Crippen LogP contribution in [0.3, 0.4) is 0 Å². The van der Waals surface area contributed by atoms with Gasteiger partial charge < -0.3 is 10.5 Å². The third kappa shape index (κ3) is 3.29. The minimum Gasteiger partial charge on any atom is -0.459 e. The van der Waals surface area contributed by atoms with E-state index >= 15 is 0 Å². The SMILES string of the molecule is CC[C@@H](C)OC(=O)c1c(N)n(-c2ccc(C)c(Cl)c2)c2nc3ccccc3nc12. The molecule has 4 aromatic rings. The number of nitrogens with two attached hydrogens (primary N) is 1. The molecule has 4 rings (SSSR count). The van der Waals surface area contributed by atoms with Crippen LogP contribution in [-0.2, 0) is 4.74 Å². The largest absolute Gasteiger partial charge is 0.459 e. The van der Waals surface area contributed by atoms with Gasteiger partial charge in [0, 0.05) is 5.02 Å². The van der Waals surface area contributed by atoms with Gasteiger partial charge in [-0.3, -0.25) is 4.57 Å². The number of carbonyl (C=O) groups excluding carboxylic acids is 1. The first-order valence-electron chi connectivity index (χ1n) is 9.44. The van der Waals surface area contributed by atoms with E-state index in [-0.39, 0.29) is 17.5 Å². The standard InChI is InChI=1S/C22H21ClN4O2/c1-4-13(3)29-22(28)18-19-21(26-17-8-6-5-7-16(17)25-19)27(20(18)24)14-10-9-12(2)15(23)11-14/h5-11,13H,4,24H2,1-3H3/t13-/m1/s1. The van der Waals surface area contributed by atoms with E-state index in [0.717, 1.165) is 5.56 Å². The van der Waals surface area contributed by atoms with Crippen molar-refractivity contribution in [3.63, 3.8) is 0 Å². The number of nitrogens with zero attached hydrogens (tertiary/aromatic N) is 3. The third-order valence-corrected chi connectivity index (χ3v) is 5.41. The molecule has 0 aliphatic carbocycles. The van der Waals surface area contributed by atoms with Crippen LogP contribution in [0, 0.1) is 6.92 Å². The van der Waals surface area contributed by atoms with E-state index in [9.17, 15) is 4.79 Å². The highest BCUT2D eigenvalue weighted by molar-refractivity contribution is 6.31. The highest BCUT2D eigenvalue weighted by atomic mass is 35.5. The molecular formula is C22H21ClN4O2. The van der Waals surface area contributed by atoms with Gasteiger partial charge in [-0.2, -0.15) is 0 Å². The zero-order valence-electron chi connectivity index (χ0n) is 16.4. The van der Waals surface area contributed by atoms with Crippen LogP contribution in [0.25, 0.3) is 27.9 Å². The van der Waals surface area contributed by atoms with E-state index in [0.29, 0.717) is 39.3 Å². The predicted octanol–water partition coefficient (Wildman–Crippen LogP) is 5.07. The zero-order valence-corrected chi connectivity index (χ0v) is 17.2. The van der Waals surface area contributed by atoms with Crippen molar-refractivity contribution < 1.29 is 9.53 Å². The van der Waals surface area contributed by atoms with Crippen molar-refractivity contribution in [2.75, 3.05) is 5.73 Å². The molecule has 2 heterocycles. The first-order valence-corrected chi connectivity index (χ1v) is 9.82. The fourth-order valence-electron chi connectivity index (χ4n) is 3.17. The summed E-state index contributed by atoms with van der Waals surface area (Å²) in [6.07, 6.45) is 0.467. The molecule has 2 N–H and O–H groups in total. The van der Waals surface area contributed by atoms with Crippen molar-refractivity contribution >= 4 is 45.6 Å². The Bertz CT molecular complexity index is 1250. The number of fused-ring (bicyclic) bond motifs is 2. The number of hydrogen-bond acceptors (Lipinski definition) is 5. The van der Waals surface area contributed by atoms with Crippen LogP contribution in [0.2, 0.25) is 5.02 Å². The number of aryl methyl sites for hydroxylation is 1. The lowest BCUT2D eigenvalue weighted by Crippen LogP contribution is -2.15. The van der Waals surface area contributed by atoms with E-state index < -0.39 is 5.97 Å². The molecule has 148 valence electrons. The van der Waals surface area contributed by atoms with Gasteiger partial charge in [0.05, 0.1) is 22.8 Å². The summed E-state index contributed by atoms with van der Waals surface area (Å²) < 4.78 is 7.25. The molecule has 0 radical (unpaired) electrons. The summed E-state index contributed by atoms with van der Waals surface area (Å²) in [5.74, 6) is -0.285. The summed E-state index contributed by atoms with van der Waals surface area (Å²) in [7, 11) is 0. The average Bonchev–Trinajstić information content (AvgIpc) is 2.99. The number of ether oxygens (including phenoxy) is 1. The maximum atomic E-state index is 12.9. The lowest BCUT2D eigenvalue weighted by molar-refractivity contribution is 0.0338. The van der Waals surface area contributed by atoms with Crippen molar-refractivity contribution in [2.45, 2.75) is 33.3 Å². The Labute approximate surface area is 173 Å². The number of rotatable bonds is 4. The van der Waals surface area contributed by atoms with Gasteiger partial charge in [-0.25, -0.2) is 14.8 Å². The van der Waals surface area contributed by atoms with Crippen LogP contribution in [0.4, 0.5) is 5.82 Å². The van der Waals surface area contributed by atoms with Crippen LogP contribution in [0.15, 0.2) is 42.5 Å². The van der Waals surface area contributed by atoms with Crippen molar-refractivity contribution in [1.29, 1.82) is 0 Å². The molecule has 0 aliphatic rings. The predicted molar refractivity (Wildman–Crippen MR) is 116 cm³/mol. The second-order valence-electron chi connectivity index (χ2n) is 7.04. The Morgan fingerprint density at radius 2 is 1.90 bits per heavy atom. The van der Waals surface area contributed by atoms with Gasteiger partial charge in [0.2, 0.25) is 0 Å². The Kier molecular flexibility index (Phi) is 4.88. The highest BCUT2D eigenvalue weighted by Gasteiger charge is 2.27. The summed E-state index contributed by atoms with van der Waals surface area (Å²) in [4.78, 5) is 22.4. The number of halogens is 1. The summed E-state index contributed by atoms with van der Waals surface area (Å²) in [6.45, 7) is 5.71. The van der Waals surface area contributed by atoms with Gasteiger partial charge in [0.15, 0.2) is 5.65 Å². The summed E-state index contributed by atoms with van der Waals surface area (Å²) in [5.41, 5.74) is 10.6. The Morgan fingerprint density at radius 3 is 2.55 bits per heavy atom. The van der Waals surface area contributed by atoms with Crippen molar-refractivity contribution in [2.24, 2.45) is 0 Å². The summed E-state index contributed by atoms with van der Waals surface area (Å²) >= 11 is 6.34. The molecule has 0 saturated heterocycles. The van der Waals surface area contributed by atoms with Gasteiger partial charge in [-0.1, -0.05) is 36.7 Å². The maximum Gasteiger partial charge on any atom is 0.344 e. The van der Waals surface area contributed by atoms with Crippen LogP contribution >= 0.6 is 11.6 Å². The average molecular weight is 409 g/mol. The number of esters is 1. The molecule has 2 aromatic carbocycles. The monoisotopic (exact) mass is 408 g/mol. The van der Waals surface area contributed by atoms with Crippen LogP contribution < -0.4 is 5.73 Å². The molecule has 0 saturated carbocycles. The summed E-state index contributed by atoms with van der Waals surface area (Å²) in [5, 5.41) is 0.598. The van der Waals surface area contributed by atoms with E-state index in [1.807, 2.05) is 57.2 Å². The molecule has 0 spiro atoms. The molecule has 7 heteroatoms. The first kappa shape index (κ1) is 19.2. The summed E-state index contributed by atoms with van der Waals surface area (Å²) in [6, 6.07) is 13.1. The van der Waals surface area contributed by atoms with E-state index in [4.69, 9.17) is 27.1 Å². The molecular weight excluding hydrogens is 388 g/mol. The third-order valence-electron chi connectivity index (χ3n) is 5.00. The first-order chi connectivity index (χ1) is 13.9. The number of benzene rings is 2. The normalized spacial score (nSPS) is 12.4. The van der Waals surface area contributed by atoms with Gasteiger partial charge in [0.25, 0.3) is 0 Å². The lowest BCUT2D eigenvalue weighted by atomic mass is 10.2. The number of aromatic nitrogens is 3. The van der Waals surface area contributed by atoms with Gasteiger partial charge in [0.1, 0.15) is 16.9 Å². The van der Waals surface area contributed by atoms with Gasteiger partial charge in [-0.05, 0) is 50.1 Å². The Morgan fingerprint density at radius 1 is 1.21 bits per heavy atom. The zero-order chi connectivity index (χ0) is 20.7. The number of hydrogen-bond donors (Lipinski definition) is 1. The molecule has 0 unspecified atom stereocenters. The van der Waals surface area contributed by atoms with Crippen LogP contribution in [-0.4, -0.2) is 26.6 Å².